The van der Waals surface area contributed by atoms with Crippen molar-refractivity contribution >= 4 is 5.91 Å². The van der Waals surface area contributed by atoms with E-state index in [-0.39, 0.29) is 11.7 Å². The summed E-state index contributed by atoms with van der Waals surface area (Å²) in [5.74, 6) is 2.37. The van der Waals surface area contributed by atoms with Crippen molar-refractivity contribution < 1.29 is 4.79 Å². The molecule has 0 N–H and O–H groups in total. The van der Waals surface area contributed by atoms with Gasteiger partial charge >= 0.3 is 5.69 Å². The fourth-order valence-corrected chi connectivity index (χ4v) is 4.60. The third kappa shape index (κ3) is 3.53. The second-order valence-corrected chi connectivity index (χ2v) is 8.23. The molecule has 0 spiro atoms. The van der Waals surface area contributed by atoms with Crippen molar-refractivity contribution in [3.63, 3.8) is 0 Å². The van der Waals surface area contributed by atoms with Gasteiger partial charge < -0.3 is 4.90 Å². The largest absolute Gasteiger partial charge is 0.345 e. The fourth-order valence-electron chi connectivity index (χ4n) is 4.60. The number of nitrogens with zero attached hydrogens (tertiary/aromatic N) is 4. The average Bonchev–Trinajstić information content (AvgIpc) is 3.43. The Kier molecular flexibility index (Phi) is 4.69. The molecule has 3 fully saturated rings. The van der Waals surface area contributed by atoms with Crippen LogP contribution in [0.15, 0.2) is 4.79 Å². The number of likely N-dealkylation sites (tertiary alicyclic amines) is 1. The molecule has 6 nitrogen and oxygen atoms in total. The molecule has 25 heavy (non-hydrogen) atoms. The van der Waals surface area contributed by atoms with Gasteiger partial charge in [-0.25, -0.2) is 9.48 Å². The van der Waals surface area contributed by atoms with Gasteiger partial charge in [-0.3, -0.25) is 9.36 Å². The van der Waals surface area contributed by atoms with E-state index in [1.165, 1.54) is 36.8 Å². The zero-order valence-electron chi connectivity index (χ0n) is 15.3. The van der Waals surface area contributed by atoms with Crippen molar-refractivity contribution in [2.75, 3.05) is 13.1 Å². The van der Waals surface area contributed by atoms with Gasteiger partial charge in [-0.1, -0.05) is 19.3 Å². The number of amides is 1. The van der Waals surface area contributed by atoms with Crippen LogP contribution >= 0.6 is 0 Å². The maximum atomic E-state index is 12.6. The molecular weight excluding hydrogens is 316 g/mol. The first kappa shape index (κ1) is 16.9. The molecule has 0 atom stereocenters. The Hall–Kier alpha value is -1.59. The van der Waals surface area contributed by atoms with Crippen LogP contribution in [0, 0.1) is 5.92 Å². The Labute approximate surface area is 149 Å². The number of carbonyl (C=O) groups excluding carboxylic acids is 1. The highest BCUT2D eigenvalue weighted by Gasteiger charge is 2.34. The second-order valence-electron chi connectivity index (χ2n) is 8.23. The Morgan fingerprint density at radius 3 is 2.36 bits per heavy atom. The average molecular weight is 346 g/mol. The third-order valence-electron chi connectivity index (χ3n) is 6.30. The summed E-state index contributed by atoms with van der Waals surface area (Å²) in [4.78, 5) is 27.1. The highest BCUT2D eigenvalue weighted by Crippen LogP contribution is 2.40. The van der Waals surface area contributed by atoms with Crippen molar-refractivity contribution in [2.24, 2.45) is 13.0 Å². The van der Waals surface area contributed by atoms with Crippen molar-refractivity contribution in [2.45, 2.75) is 76.2 Å². The first-order valence-corrected chi connectivity index (χ1v) is 10.1. The molecule has 1 saturated heterocycles. The van der Waals surface area contributed by atoms with E-state index in [0.29, 0.717) is 17.7 Å². The van der Waals surface area contributed by atoms with Crippen molar-refractivity contribution in [3.8, 4) is 0 Å². The monoisotopic (exact) mass is 346 g/mol. The van der Waals surface area contributed by atoms with Crippen LogP contribution in [0.5, 0.6) is 0 Å². The van der Waals surface area contributed by atoms with Gasteiger partial charge in [-0.2, -0.15) is 5.10 Å². The molecule has 1 aromatic heterocycles. The lowest BCUT2D eigenvalue weighted by atomic mass is 9.86. The smallest absolute Gasteiger partial charge is 0.343 e. The predicted molar refractivity (Wildman–Crippen MR) is 95.5 cm³/mol. The molecule has 2 aliphatic carbocycles. The third-order valence-corrected chi connectivity index (χ3v) is 6.30. The molecule has 3 aliphatic rings. The van der Waals surface area contributed by atoms with E-state index < -0.39 is 0 Å². The molecular formula is C19H30N4O2. The molecule has 1 aliphatic heterocycles. The van der Waals surface area contributed by atoms with Gasteiger partial charge in [0, 0.05) is 38.5 Å². The molecule has 2 saturated carbocycles. The Morgan fingerprint density at radius 2 is 1.72 bits per heavy atom. The maximum Gasteiger partial charge on any atom is 0.345 e. The van der Waals surface area contributed by atoms with Gasteiger partial charge in [-0.15, -0.1) is 0 Å². The molecule has 1 aromatic rings. The number of aryl methyl sites for hydroxylation is 1. The lowest BCUT2D eigenvalue weighted by Gasteiger charge is -2.34. The summed E-state index contributed by atoms with van der Waals surface area (Å²) < 4.78 is 3.41. The van der Waals surface area contributed by atoms with Crippen molar-refractivity contribution in [3.05, 3.63) is 16.3 Å². The van der Waals surface area contributed by atoms with Gasteiger partial charge in [0.05, 0.1) is 0 Å². The highest BCUT2D eigenvalue weighted by molar-refractivity contribution is 5.76. The van der Waals surface area contributed by atoms with Gasteiger partial charge in [-0.05, 0) is 44.4 Å². The SMILES string of the molecule is Cn1nc(C2CC2)n(C2CCN(C(=O)CC3CCCCC3)CC2)c1=O. The molecule has 2 heterocycles. The Morgan fingerprint density at radius 1 is 1.04 bits per heavy atom. The summed E-state index contributed by atoms with van der Waals surface area (Å²) >= 11 is 0. The van der Waals surface area contributed by atoms with E-state index in [1.807, 2.05) is 9.47 Å². The molecule has 0 bridgehead atoms. The molecule has 0 aromatic carbocycles. The zero-order chi connectivity index (χ0) is 17.4. The van der Waals surface area contributed by atoms with E-state index in [1.54, 1.807) is 7.05 Å². The van der Waals surface area contributed by atoms with Crippen molar-refractivity contribution in [1.29, 1.82) is 0 Å². The summed E-state index contributed by atoms with van der Waals surface area (Å²) in [6.07, 6.45) is 11.1. The lowest BCUT2D eigenvalue weighted by Crippen LogP contribution is -2.41. The Bertz CT molecular complexity index is 674. The van der Waals surface area contributed by atoms with Crippen molar-refractivity contribution in [1.82, 2.24) is 19.2 Å². The normalized spacial score (nSPS) is 23.2. The van der Waals surface area contributed by atoms with E-state index in [4.69, 9.17) is 0 Å². The van der Waals surface area contributed by atoms with E-state index >= 15 is 0 Å². The van der Waals surface area contributed by atoms with Crippen LogP contribution < -0.4 is 5.69 Å². The molecule has 138 valence electrons. The van der Waals surface area contributed by atoms with E-state index in [2.05, 4.69) is 5.10 Å². The van der Waals surface area contributed by atoms with Crippen LogP contribution in [0.4, 0.5) is 0 Å². The molecule has 1 amide bonds. The lowest BCUT2D eigenvalue weighted by molar-refractivity contribution is -0.133. The summed E-state index contributed by atoms with van der Waals surface area (Å²) in [6, 6.07) is 0.204. The minimum Gasteiger partial charge on any atom is -0.343 e. The van der Waals surface area contributed by atoms with Crippen LogP contribution in [0.25, 0.3) is 0 Å². The van der Waals surface area contributed by atoms with E-state index in [9.17, 15) is 9.59 Å². The maximum absolute atomic E-state index is 12.6. The molecule has 6 heteroatoms. The van der Waals surface area contributed by atoms with Crippen LogP contribution in [0.3, 0.4) is 0 Å². The van der Waals surface area contributed by atoms with Gasteiger partial charge in [0.15, 0.2) is 0 Å². The summed E-state index contributed by atoms with van der Waals surface area (Å²) in [5, 5.41) is 4.47. The van der Waals surface area contributed by atoms with Crippen LogP contribution in [-0.2, 0) is 11.8 Å². The number of hydrogen-bond donors (Lipinski definition) is 0. The first-order valence-electron chi connectivity index (χ1n) is 10.1. The highest BCUT2D eigenvalue weighted by atomic mass is 16.2. The Balaban J connectivity index is 1.37. The zero-order valence-corrected chi connectivity index (χ0v) is 15.3. The number of aromatic nitrogens is 3. The van der Waals surface area contributed by atoms with Gasteiger partial charge in [0.25, 0.3) is 0 Å². The topological polar surface area (TPSA) is 60.1 Å². The number of rotatable bonds is 4. The molecule has 0 radical (unpaired) electrons. The number of hydrogen-bond acceptors (Lipinski definition) is 3. The summed E-state index contributed by atoms with van der Waals surface area (Å²) in [6.45, 7) is 1.56. The number of carbonyl (C=O) groups is 1. The second kappa shape index (κ2) is 6.96. The van der Waals surface area contributed by atoms with Crippen LogP contribution in [0.1, 0.15) is 82.0 Å². The predicted octanol–water partition coefficient (Wildman–Crippen LogP) is 2.59. The minimum absolute atomic E-state index is 0.00822. The first-order chi connectivity index (χ1) is 12.1. The number of piperidine rings is 1. The van der Waals surface area contributed by atoms with Gasteiger partial charge in [0.2, 0.25) is 5.91 Å². The molecule has 4 rings (SSSR count). The molecule has 0 unspecified atom stereocenters. The van der Waals surface area contributed by atoms with E-state index in [0.717, 1.165) is 51.0 Å². The summed E-state index contributed by atoms with van der Waals surface area (Å²) in [5.41, 5.74) is 0.00822. The minimum atomic E-state index is 0.00822. The van der Waals surface area contributed by atoms with Crippen LogP contribution in [0.2, 0.25) is 0 Å². The van der Waals surface area contributed by atoms with Gasteiger partial charge in [0.1, 0.15) is 5.82 Å². The summed E-state index contributed by atoms with van der Waals surface area (Å²) in [7, 11) is 1.74. The van der Waals surface area contributed by atoms with Crippen LogP contribution in [-0.4, -0.2) is 38.2 Å². The fraction of sp³-hybridized carbons (Fsp3) is 0.842. The quantitative estimate of drug-likeness (QED) is 0.842. The standard InChI is InChI=1S/C19H30N4O2/c1-21-19(25)23(18(20-21)15-7-8-15)16-9-11-22(12-10-16)17(24)13-14-5-3-2-4-6-14/h14-16H,2-13H2,1H3.